The molecular formula is C15H12Cl2F3N3O2S. The SMILES string of the molecule is CCOC(=O)Cc1csc(NN=Cc2cc(Cl)c(Cl)c(C(F)(F)F)c2)n1. The summed E-state index contributed by atoms with van der Waals surface area (Å²) in [5.74, 6) is -0.400. The summed E-state index contributed by atoms with van der Waals surface area (Å²) in [6.45, 7) is 1.98. The Labute approximate surface area is 160 Å². The second-order valence-electron chi connectivity index (χ2n) is 4.86. The number of hydrazone groups is 1. The lowest BCUT2D eigenvalue weighted by Crippen LogP contribution is -2.07. The molecule has 1 aromatic heterocycles. The van der Waals surface area contributed by atoms with Crippen LogP contribution in [-0.2, 0) is 22.1 Å². The lowest BCUT2D eigenvalue weighted by atomic mass is 10.1. The van der Waals surface area contributed by atoms with Crippen molar-refractivity contribution >= 4 is 51.9 Å². The molecule has 1 N–H and O–H groups in total. The monoisotopic (exact) mass is 425 g/mol. The quantitative estimate of drug-likeness (QED) is 0.400. The van der Waals surface area contributed by atoms with Gasteiger partial charge < -0.3 is 4.74 Å². The number of esters is 1. The Morgan fingerprint density at radius 1 is 1.42 bits per heavy atom. The molecule has 26 heavy (non-hydrogen) atoms. The molecule has 0 radical (unpaired) electrons. The maximum absolute atomic E-state index is 12.9. The summed E-state index contributed by atoms with van der Waals surface area (Å²) in [7, 11) is 0. The van der Waals surface area contributed by atoms with Crippen molar-refractivity contribution in [3.8, 4) is 0 Å². The van der Waals surface area contributed by atoms with Crippen LogP contribution in [0.2, 0.25) is 10.0 Å². The molecule has 140 valence electrons. The van der Waals surface area contributed by atoms with Crippen molar-refractivity contribution in [1.82, 2.24) is 4.98 Å². The van der Waals surface area contributed by atoms with E-state index >= 15 is 0 Å². The van der Waals surface area contributed by atoms with Gasteiger partial charge in [0.15, 0.2) is 0 Å². The van der Waals surface area contributed by atoms with Gasteiger partial charge in [-0.2, -0.15) is 18.3 Å². The number of thiazole rings is 1. The van der Waals surface area contributed by atoms with Crippen LogP contribution < -0.4 is 5.43 Å². The third kappa shape index (κ3) is 5.58. The summed E-state index contributed by atoms with van der Waals surface area (Å²) in [6.07, 6.45) is -3.45. The Bertz CT molecular complexity index is 825. The maximum Gasteiger partial charge on any atom is 0.417 e. The zero-order chi connectivity index (χ0) is 19.3. The fraction of sp³-hybridized carbons (Fsp3) is 0.267. The van der Waals surface area contributed by atoms with Gasteiger partial charge in [-0.05, 0) is 24.6 Å². The summed E-state index contributed by atoms with van der Waals surface area (Å²) in [4.78, 5) is 15.5. The molecule has 1 heterocycles. The lowest BCUT2D eigenvalue weighted by molar-refractivity contribution is -0.142. The molecule has 0 unspecified atom stereocenters. The lowest BCUT2D eigenvalue weighted by Gasteiger charge is -2.10. The van der Waals surface area contributed by atoms with E-state index in [1.807, 2.05) is 0 Å². The van der Waals surface area contributed by atoms with Crippen LogP contribution >= 0.6 is 34.5 Å². The van der Waals surface area contributed by atoms with Gasteiger partial charge in [0.1, 0.15) is 0 Å². The van der Waals surface area contributed by atoms with Gasteiger partial charge in [-0.1, -0.05) is 23.2 Å². The van der Waals surface area contributed by atoms with E-state index in [-0.39, 0.29) is 23.6 Å². The van der Waals surface area contributed by atoms with Crippen LogP contribution in [0.4, 0.5) is 18.3 Å². The molecule has 0 aliphatic carbocycles. The first-order valence-electron chi connectivity index (χ1n) is 7.16. The minimum Gasteiger partial charge on any atom is -0.466 e. The molecule has 0 aliphatic rings. The number of alkyl halides is 3. The smallest absolute Gasteiger partial charge is 0.417 e. The molecule has 0 bridgehead atoms. The molecule has 0 amide bonds. The van der Waals surface area contributed by atoms with Crippen LogP contribution in [0.15, 0.2) is 22.6 Å². The van der Waals surface area contributed by atoms with E-state index in [0.717, 1.165) is 12.3 Å². The molecule has 2 aromatic rings. The maximum atomic E-state index is 12.9. The van der Waals surface area contributed by atoms with Crippen LogP contribution in [-0.4, -0.2) is 23.8 Å². The predicted octanol–water partition coefficient (Wildman–Crippen LogP) is 5.02. The van der Waals surface area contributed by atoms with Gasteiger partial charge in [-0.25, -0.2) is 4.98 Å². The van der Waals surface area contributed by atoms with Crippen LogP contribution in [0.3, 0.4) is 0 Å². The Hall–Kier alpha value is -1.84. The fourth-order valence-electron chi connectivity index (χ4n) is 1.85. The molecule has 0 aliphatic heterocycles. The van der Waals surface area contributed by atoms with Crippen LogP contribution in [0.25, 0.3) is 0 Å². The Kier molecular flexibility index (Phi) is 6.85. The van der Waals surface area contributed by atoms with Crippen molar-refractivity contribution in [2.24, 2.45) is 5.10 Å². The minimum atomic E-state index is -4.63. The molecule has 2 rings (SSSR count). The van der Waals surface area contributed by atoms with Crippen molar-refractivity contribution in [3.63, 3.8) is 0 Å². The third-order valence-corrected chi connectivity index (χ3v) is 4.51. The largest absolute Gasteiger partial charge is 0.466 e. The van der Waals surface area contributed by atoms with Crippen molar-refractivity contribution in [2.45, 2.75) is 19.5 Å². The number of ether oxygens (including phenoxy) is 1. The molecular weight excluding hydrogens is 414 g/mol. The van der Waals surface area contributed by atoms with Crippen molar-refractivity contribution < 1.29 is 22.7 Å². The van der Waals surface area contributed by atoms with Crippen molar-refractivity contribution in [1.29, 1.82) is 0 Å². The number of carbonyl (C=O) groups is 1. The minimum absolute atomic E-state index is 0.0253. The Morgan fingerprint density at radius 2 is 2.15 bits per heavy atom. The second kappa shape index (κ2) is 8.70. The number of anilines is 1. The van der Waals surface area contributed by atoms with E-state index in [2.05, 4.69) is 15.5 Å². The highest BCUT2D eigenvalue weighted by Crippen LogP contribution is 2.38. The third-order valence-electron chi connectivity index (χ3n) is 2.91. The zero-order valence-electron chi connectivity index (χ0n) is 13.2. The van der Waals surface area contributed by atoms with E-state index in [9.17, 15) is 18.0 Å². The molecule has 0 atom stereocenters. The highest BCUT2D eigenvalue weighted by atomic mass is 35.5. The highest BCUT2D eigenvalue weighted by Gasteiger charge is 2.34. The second-order valence-corrected chi connectivity index (χ2v) is 6.50. The zero-order valence-corrected chi connectivity index (χ0v) is 15.6. The predicted molar refractivity (Wildman–Crippen MR) is 95.1 cm³/mol. The molecule has 1 aromatic carbocycles. The molecule has 11 heteroatoms. The standard InChI is InChI=1S/C15H12Cl2F3N3O2S/c1-2-25-12(24)5-9-7-26-14(22-9)23-21-6-8-3-10(15(18,19)20)13(17)11(16)4-8/h3-4,6-7H,2,5H2,1H3,(H,22,23). The number of nitrogens with one attached hydrogen (secondary N) is 1. The number of benzene rings is 1. The highest BCUT2D eigenvalue weighted by molar-refractivity contribution is 7.13. The number of carbonyl (C=O) groups excluding carboxylic acids is 1. The van der Waals surface area contributed by atoms with E-state index in [4.69, 9.17) is 27.9 Å². The first-order chi connectivity index (χ1) is 12.2. The average Bonchev–Trinajstić information content (AvgIpc) is 2.97. The van der Waals surface area contributed by atoms with Gasteiger partial charge in [0.25, 0.3) is 0 Å². The van der Waals surface area contributed by atoms with Crippen molar-refractivity contribution in [2.75, 3.05) is 12.0 Å². The van der Waals surface area contributed by atoms with Gasteiger partial charge in [0, 0.05) is 5.38 Å². The van der Waals surface area contributed by atoms with Crippen LogP contribution in [0.1, 0.15) is 23.7 Å². The first kappa shape index (κ1) is 20.5. The fourth-order valence-corrected chi connectivity index (χ4v) is 2.96. The van der Waals surface area contributed by atoms with Gasteiger partial charge in [0.2, 0.25) is 5.13 Å². The summed E-state index contributed by atoms with van der Waals surface area (Å²) in [6, 6.07) is 2.10. The molecule has 0 saturated heterocycles. The molecule has 0 saturated carbocycles. The number of nitrogens with zero attached hydrogens (tertiary/aromatic N) is 2. The van der Waals surface area contributed by atoms with Gasteiger partial charge in [-0.15, -0.1) is 11.3 Å². The summed E-state index contributed by atoms with van der Waals surface area (Å²) in [5, 5.41) is 5.05. The van der Waals surface area contributed by atoms with Gasteiger partial charge >= 0.3 is 12.1 Å². The number of rotatable bonds is 6. The average molecular weight is 426 g/mol. The van der Waals surface area contributed by atoms with E-state index in [1.54, 1.807) is 12.3 Å². The van der Waals surface area contributed by atoms with Gasteiger partial charge in [-0.3, -0.25) is 10.2 Å². The molecule has 0 spiro atoms. The number of halogens is 5. The Balaban J connectivity index is 2.06. The summed E-state index contributed by atoms with van der Waals surface area (Å²) >= 11 is 12.5. The van der Waals surface area contributed by atoms with E-state index < -0.39 is 22.7 Å². The van der Waals surface area contributed by atoms with Crippen molar-refractivity contribution in [3.05, 3.63) is 44.4 Å². The molecule has 0 fully saturated rings. The summed E-state index contributed by atoms with van der Waals surface area (Å²) < 4.78 is 43.5. The van der Waals surface area contributed by atoms with E-state index in [0.29, 0.717) is 10.8 Å². The number of hydrogen-bond acceptors (Lipinski definition) is 6. The summed E-state index contributed by atoms with van der Waals surface area (Å²) in [5.41, 5.74) is 2.15. The normalized spacial score (nSPS) is 11.8. The topological polar surface area (TPSA) is 63.6 Å². The first-order valence-corrected chi connectivity index (χ1v) is 8.79. The Morgan fingerprint density at radius 3 is 2.81 bits per heavy atom. The van der Waals surface area contributed by atoms with Crippen LogP contribution in [0, 0.1) is 0 Å². The van der Waals surface area contributed by atoms with Gasteiger partial charge in [0.05, 0.1) is 40.5 Å². The van der Waals surface area contributed by atoms with E-state index in [1.165, 1.54) is 17.4 Å². The number of aromatic nitrogens is 1. The van der Waals surface area contributed by atoms with Crippen LogP contribution in [0.5, 0.6) is 0 Å². The molecule has 5 nitrogen and oxygen atoms in total. The number of hydrogen-bond donors (Lipinski definition) is 1.